The Labute approximate surface area is 159 Å². The number of methoxy groups -OCH3 is 1. The van der Waals surface area contributed by atoms with Crippen LogP contribution >= 0.6 is 0 Å². The highest BCUT2D eigenvalue weighted by molar-refractivity contribution is 6.74. The van der Waals surface area contributed by atoms with Gasteiger partial charge in [-0.15, -0.1) is 0 Å². The SMILES string of the molecule is CCCCOC[C@@H](CO[Si](C)(C)C(C)(C)C)Nc1nc(OC)ccc1N. The number of nitrogens with one attached hydrogen (secondary N) is 1. The van der Waals surface area contributed by atoms with Gasteiger partial charge in [0.05, 0.1) is 32.1 Å². The van der Waals surface area contributed by atoms with E-state index in [0.29, 0.717) is 30.6 Å². The number of pyridine rings is 1. The Balaban J connectivity index is 2.81. The lowest BCUT2D eigenvalue weighted by molar-refractivity contribution is 0.106. The monoisotopic (exact) mass is 383 g/mol. The normalized spacial score (nSPS) is 13.5. The van der Waals surface area contributed by atoms with Crippen LogP contribution in [0.5, 0.6) is 5.88 Å². The first-order valence-electron chi connectivity index (χ1n) is 9.39. The van der Waals surface area contributed by atoms with Crippen LogP contribution in [-0.2, 0) is 9.16 Å². The molecule has 0 aliphatic rings. The molecule has 0 saturated carbocycles. The molecule has 3 N–H and O–H groups in total. The zero-order valence-corrected chi connectivity index (χ0v) is 18.5. The summed E-state index contributed by atoms with van der Waals surface area (Å²) in [4.78, 5) is 4.41. The standard InChI is InChI=1S/C19H37N3O3Si/c1-8-9-12-24-13-15(14-25-26(6,7)19(2,3)4)21-18-16(20)10-11-17(22-18)23-5/h10-11,15H,8-9,12-14,20H2,1-7H3,(H,21,22)/t15-/m0/s1. The van der Waals surface area contributed by atoms with Crippen LogP contribution in [-0.4, -0.2) is 46.3 Å². The van der Waals surface area contributed by atoms with Gasteiger partial charge in [0.1, 0.15) is 0 Å². The number of unbranched alkanes of at least 4 members (excludes halogenated alkanes) is 1. The van der Waals surface area contributed by atoms with Crippen LogP contribution in [0, 0.1) is 0 Å². The quantitative estimate of drug-likeness (QED) is 0.438. The van der Waals surface area contributed by atoms with Crippen molar-refractivity contribution in [3.05, 3.63) is 12.1 Å². The molecule has 6 nitrogen and oxygen atoms in total. The Kier molecular flexibility index (Phi) is 8.86. The third kappa shape index (κ3) is 7.13. The lowest BCUT2D eigenvalue weighted by Crippen LogP contribution is -2.44. The lowest BCUT2D eigenvalue weighted by Gasteiger charge is -2.37. The molecule has 1 heterocycles. The van der Waals surface area contributed by atoms with E-state index in [-0.39, 0.29) is 11.1 Å². The van der Waals surface area contributed by atoms with Crippen LogP contribution < -0.4 is 15.8 Å². The van der Waals surface area contributed by atoms with Gasteiger partial charge in [0.25, 0.3) is 0 Å². The summed E-state index contributed by atoms with van der Waals surface area (Å²) in [5, 5.41) is 3.54. The van der Waals surface area contributed by atoms with Crippen LogP contribution in [0.3, 0.4) is 0 Å². The lowest BCUT2D eigenvalue weighted by atomic mass is 10.2. The summed E-state index contributed by atoms with van der Waals surface area (Å²) in [7, 11) is -0.251. The molecule has 1 aromatic heterocycles. The molecule has 150 valence electrons. The molecule has 0 radical (unpaired) electrons. The molecule has 7 heteroatoms. The van der Waals surface area contributed by atoms with Gasteiger partial charge in [0.15, 0.2) is 14.1 Å². The van der Waals surface area contributed by atoms with E-state index < -0.39 is 8.32 Å². The highest BCUT2D eigenvalue weighted by atomic mass is 28.4. The largest absolute Gasteiger partial charge is 0.481 e. The van der Waals surface area contributed by atoms with Gasteiger partial charge in [-0.25, -0.2) is 0 Å². The molecule has 0 amide bonds. The zero-order valence-electron chi connectivity index (χ0n) is 17.5. The maximum atomic E-state index is 6.38. The number of anilines is 2. The van der Waals surface area contributed by atoms with E-state index in [1.54, 1.807) is 19.2 Å². The van der Waals surface area contributed by atoms with Gasteiger partial charge in [-0.2, -0.15) is 4.98 Å². The molecule has 1 aromatic rings. The van der Waals surface area contributed by atoms with E-state index in [9.17, 15) is 0 Å². The van der Waals surface area contributed by atoms with Crippen LogP contribution in [0.2, 0.25) is 18.1 Å². The number of hydrogen-bond acceptors (Lipinski definition) is 6. The first-order chi connectivity index (χ1) is 12.1. The van der Waals surface area contributed by atoms with Gasteiger partial charge in [-0.05, 0) is 30.6 Å². The molecule has 26 heavy (non-hydrogen) atoms. The molecule has 0 aromatic carbocycles. The third-order valence-corrected chi connectivity index (χ3v) is 9.36. The van der Waals surface area contributed by atoms with Gasteiger partial charge >= 0.3 is 0 Å². The number of hydrogen-bond donors (Lipinski definition) is 2. The third-order valence-electron chi connectivity index (χ3n) is 4.86. The van der Waals surface area contributed by atoms with Crippen molar-refractivity contribution in [3.8, 4) is 5.88 Å². The van der Waals surface area contributed by atoms with Gasteiger partial charge < -0.3 is 25.0 Å². The zero-order chi connectivity index (χ0) is 19.8. The van der Waals surface area contributed by atoms with Gasteiger partial charge in [-0.1, -0.05) is 34.1 Å². The summed E-state index contributed by atoms with van der Waals surface area (Å²) < 4.78 is 17.4. The Morgan fingerprint density at radius 3 is 2.50 bits per heavy atom. The predicted octanol–water partition coefficient (Wildman–Crippen LogP) is 4.29. The smallest absolute Gasteiger partial charge is 0.215 e. The number of ether oxygens (including phenoxy) is 2. The number of nitrogens with zero attached hydrogens (tertiary/aromatic N) is 1. The topological polar surface area (TPSA) is 78.6 Å². The van der Waals surface area contributed by atoms with E-state index in [1.807, 2.05) is 0 Å². The number of rotatable bonds is 11. The first kappa shape index (κ1) is 22.7. The van der Waals surface area contributed by atoms with Crippen molar-refractivity contribution in [2.24, 2.45) is 0 Å². The fourth-order valence-corrected chi connectivity index (χ4v) is 3.05. The molecule has 0 aliphatic carbocycles. The molecule has 0 aliphatic heterocycles. The van der Waals surface area contributed by atoms with Crippen LogP contribution in [0.15, 0.2) is 12.1 Å². The van der Waals surface area contributed by atoms with E-state index in [2.05, 4.69) is 51.1 Å². The summed E-state index contributed by atoms with van der Waals surface area (Å²) in [6, 6.07) is 3.51. The van der Waals surface area contributed by atoms with Crippen molar-refractivity contribution in [2.45, 2.75) is 64.7 Å². The Morgan fingerprint density at radius 2 is 1.92 bits per heavy atom. The van der Waals surface area contributed by atoms with Crippen molar-refractivity contribution in [2.75, 3.05) is 38.0 Å². The summed E-state index contributed by atoms with van der Waals surface area (Å²) in [5.74, 6) is 1.13. The second kappa shape index (κ2) is 10.1. The Bertz CT molecular complexity index is 547. The van der Waals surface area contributed by atoms with E-state index in [1.165, 1.54) is 0 Å². The van der Waals surface area contributed by atoms with E-state index in [0.717, 1.165) is 19.4 Å². The van der Waals surface area contributed by atoms with Crippen molar-refractivity contribution in [1.29, 1.82) is 0 Å². The summed E-state index contributed by atoms with van der Waals surface area (Å²) in [6.07, 6.45) is 2.16. The average Bonchev–Trinajstić information content (AvgIpc) is 2.57. The molecule has 1 rings (SSSR count). The minimum atomic E-state index is -1.84. The highest BCUT2D eigenvalue weighted by Crippen LogP contribution is 2.36. The minimum Gasteiger partial charge on any atom is -0.481 e. The fraction of sp³-hybridized carbons (Fsp3) is 0.737. The van der Waals surface area contributed by atoms with Crippen molar-refractivity contribution in [3.63, 3.8) is 0 Å². The number of nitrogen functional groups attached to an aromatic ring is 1. The van der Waals surface area contributed by atoms with Crippen LogP contribution in [0.25, 0.3) is 0 Å². The second-order valence-corrected chi connectivity index (χ2v) is 12.9. The van der Waals surface area contributed by atoms with Crippen LogP contribution in [0.4, 0.5) is 11.5 Å². The molecule has 0 bridgehead atoms. The maximum absolute atomic E-state index is 6.38. The number of aromatic nitrogens is 1. The number of nitrogens with two attached hydrogens (primary N) is 1. The molecule has 0 fully saturated rings. The molecule has 0 unspecified atom stereocenters. The van der Waals surface area contributed by atoms with Gasteiger partial charge in [-0.3, -0.25) is 0 Å². The van der Waals surface area contributed by atoms with Gasteiger partial charge in [0.2, 0.25) is 5.88 Å². The van der Waals surface area contributed by atoms with E-state index in [4.69, 9.17) is 19.6 Å². The molecular weight excluding hydrogens is 346 g/mol. The van der Waals surface area contributed by atoms with Crippen molar-refractivity contribution >= 4 is 19.8 Å². The maximum Gasteiger partial charge on any atom is 0.215 e. The molecule has 0 saturated heterocycles. The molecule has 0 spiro atoms. The summed E-state index contributed by atoms with van der Waals surface area (Å²) in [5.41, 5.74) is 6.65. The van der Waals surface area contributed by atoms with Crippen LogP contribution in [0.1, 0.15) is 40.5 Å². The summed E-state index contributed by atoms with van der Waals surface area (Å²) in [6.45, 7) is 15.2. The average molecular weight is 384 g/mol. The van der Waals surface area contributed by atoms with Crippen molar-refractivity contribution < 1.29 is 13.9 Å². The predicted molar refractivity (Wildman–Crippen MR) is 111 cm³/mol. The summed E-state index contributed by atoms with van der Waals surface area (Å²) >= 11 is 0. The molecule has 1 atom stereocenters. The highest BCUT2D eigenvalue weighted by Gasteiger charge is 2.37. The molecular formula is C19H37N3O3Si. The van der Waals surface area contributed by atoms with E-state index >= 15 is 0 Å². The van der Waals surface area contributed by atoms with Gasteiger partial charge in [0, 0.05) is 12.7 Å². The Morgan fingerprint density at radius 1 is 1.23 bits per heavy atom. The minimum absolute atomic E-state index is 0.0251. The van der Waals surface area contributed by atoms with Crippen molar-refractivity contribution in [1.82, 2.24) is 4.98 Å². The first-order valence-corrected chi connectivity index (χ1v) is 12.3. The Hall–Kier alpha value is -1.31. The fourth-order valence-electron chi connectivity index (χ4n) is 2.00. The second-order valence-electron chi connectivity index (χ2n) is 8.13.